The van der Waals surface area contributed by atoms with Gasteiger partial charge in [0.2, 0.25) is 0 Å². The highest BCUT2D eigenvalue weighted by Crippen LogP contribution is 2.40. The van der Waals surface area contributed by atoms with E-state index in [2.05, 4.69) is 14.8 Å². The number of pyridine rings is 1. The first-order chi connectivity index (χ1) is 9.12. The zero-order chi connectivity index (χ0) is 13.1. The van der Waals surface area contributed by atoms with Gasteiger partial charge in [-0.3, -0.25) is 19.6 Å². The summed E-state index contributed by atoms with van der Waals surface area (Å²) in [4.78, 5) is 21.9. The Morgan fingerprint density at radius 3 is 2.42 bits per heavy atom. The van der Waals surface area contributed by atoms with Gasteiger partial charge in [-0.25, -0.2) is 0 Å². The predicted octanol–water partition coefficient (Wildman–Crippen LogP) is -0.769. The fourth-order valence-electron chi connectivity index (χ4n) is 4.10. The van der Waals surface area contributed by atoms with Crippen LogP contribution in [-0.2, 0) is 10.2 Å². The SMILES string of the molecule is NC12CN3CCN(C1)CC(c1cccnc1)(C3)C2=O. The molecule has 5 rings (SSSR count). The third kappa shape index (κ3) is 1.46. The highest BCUT2D eigenvalue weighted by atomic mass is 16.1. The standard InChI is InChI=1S/C14H18N4O/c15-14-9-17-4-5-18(10-14)8-13(7-17,12(14)19)11-2-1-3-16-6-11/h1-3,6H,4-5,7-10,15H2. The summed E-state index contributed by atoms with van der Waals surface area (Å²) in [5, 5.41) is 0. The summed E-state index contributed by atoms with van der Waals surface area (Å²) < 4.78 is 0. The van der Waals surface area contributed by atoms with E-state index >= 15 is 0 Å². The van der Waals surface area contributed by atoms with E-state index in [1.807, 2.05) is 18.3 Å². The molecule has 2 unspecified atom stereocenters. The average molecular weight is 258 g/mol. The molecule has 0 saturated carbocycles. The molecule has 4 bridgehead atoms. The molecule has 19 heavy (non-hydrogen) atoms. The van der Waals surface area contributed by atoms with Crippen LogP contribution in [0.3, 0.4) is 0 Å². The average Bonchev–Trinajstić information content (AvgIpc) is 2.64. The summed E-state index contributed by atoms with van der Waals surface area (Å²) in [6.07, 6.45) is 3.58. The van der Waals surface area contributed by atoms with Crippen molar-refractivity contribution < 1.29 is 4.79 Å². The molecule has 1 aromatic rings. The molecule has 0 amide bonds. The van der Waals surface area contributed by atoms with Crippen LogP contribution >= 0.6 is 0 Å². The van der Waals surface area contributed by atoms with Crippen molar-refractivity contribution in [1.29, 1.82) is 0 Å². The third-order valence-electron chi connectivity index (χ3n) is 4.83. The van der Waals surface area contributed by atoms with E-state index in [0.29, 0.717) is 13.1 Å². The number of hydrogen-bond acceptors (Lipinski definition) is 5. The summed E-state index contributed by atoms with van der Waals surface area (Å²) in [5.74, 6) is 0.211. The number of hydrogen-bond donors (Lipinski definition) is 1. The number of ketones is 1. The van der Waals surface area contributed by atoms with Crippen molar-refractivity contribution in [3.05, 3.63) is 30.1 Å². The first-order valence-electron chi connectivity index (χ1n) is 6.81. The lowest BCUT2D eigenvalue weighted by Crippen LogP contribution is -2.76. The number of nitrogens with zero attached hydrogens (tertiary/aromatic N) is 3. The summed E-state index contributed by atoms with van der Waals surface area (Å²) in [6.45, 7) is 4.98. The molecule has 4 fully saturated rings. The minimum atomic E-state index is -0.706. The van der Waals surface area contributed by atoms with Gasteiger partial charge < -0.3 is 5.73 Å². The zero-order valence-corrected chi connectivity index (χ0v) is 10.9. The summed E-state index contributed by atoms with van der Waals surface area (Å²) in [7, 11) is 0. The fourth-order valence-corrected chi connectivity index (χ4v) is 4.10. The molecule has 5 nitrogen and oxygen atoms in total. The first-order valence-corrected chi connectivity index (χ1v) is 6.81. The van der Waals surface area contributed by atoms with Crippen molar-refractivity contribution in [3.8, 4) is 0 Å². The van der Waals surface area contributed by atoms with Crippen LogP contribution in [-0.4, -0.2) is 65.4 Å². The molecule has 4 saturated heterocycles. The normalized spacial score (nSPS) is 44.4. The molecule has 0 radical (unpaired) electrons. The summed E-state index contributed by atoms with van der Waals surface area (Å²) >= 11 is 0. The van der Waals surface area contributed by atoms with Crippen molar-refractivity contribution >= 4 is 5.78 Å². The third-order valence-corrected chi connectivity index (χ3v) is 4.83. The van der Waals surface area contributed by atoms with E-state index in [1.54, 1.807) is 6.20 Å². The topological polar surface area (TPSA) is 62.5 Å². The van der Waals surface area contributed by atoms with E-state index in [-0.39, 0.29) is 5.78 Å². The minimum absolute atomic E-state index is 0.211. The Labute approximate surface area is 112 Å². The minimum Gasteiger partial charge on any atom is -0.317 e. The number of nitrogens with two attached hydrogens (primary N) is 1. The molecule has 0 aromatic carbocycles. The van der Waals surface area contributed by atoms with Crippen molar-refractivity contribution in [2.45, 2.75) is 11.0 Å². The number of aromatic nitrogens is 1. The summed E-state index contributed by atoms with van der Waals surface area (Å²) in [6, 6.07) is 3.93. The second kappa shape index (κ2) is 3.62. The van der Waals surface area contributed by atoms with Crippen LogP contribution in [0.15, 0.2) is 24.5 Å². The van der Waals surface area contributed by atoms with Gasteiger partial charge in [0.25, 0.3) is 0 Å². The molecule has 5 heterocycles. The van der Waals surface area contributed by atoms with Gasteiger partial charge in [0.1, 0.15) is 5.54 Å². The molecule has 4 aliphatic heterocycles. The maximum Gasteiger partial charge on any atom is 0.168 e. The fraction of sp³-hybridized carbons (Fsp3) is 0.571. The van der Waals surface area contributed by atoms with Gasteiger partial charge in [0.15, 0.2) is 5.78 Å². The Kier molecular flexibility index (Phi) is 2.20. The largest absolute Gasteiger partial charge is 0.317 e. The molecule has 2 N–H and O–H groups in total. The second-order valence-corrected chi connectivity index (χ2v) is 6.23. The Hall–Kier alpha value is -1.30. The number of Topliss-reactive ketones (excluding diaryl/α,β-unsaturated/α-hetero) is 1. The maximum absolute atomic E-state index is 13.0. The molecule has 5 heteroatoms. The molecule has 0 spiro atoms. The van der Waals surface area contributed by atoms with Crippen LogP contribution in [0.5, 0.6) is 0 Å². The van der Waals surface area contributed by atoms with Gasteiger partial charge in [-0.1, -0.05) is 6.07 Å². The van der Waals surface area contributed by atoms with Gasteiger partial charge in [0.05, 0.1) is 5.41 Å². The van der Waals surface area contributed by atoms with Gasteiger partial charge >= 0.3 is 0 Å². The van der Waals surface area contributed by atoms with Gasteiger partial charge in [0, 0.05) is 51.7 Å². The zero-order valence-electron chi connectivity index (χ0n) is 10.9. The second-order valence-electron chi connectivity index (χ2n) is 6.23. The van der Waals surface area contributed by atoms with Crippen molar-refractivity contribution in [2.75, 3.05) is 39.3 Å². The molecular weight excluding hydrogens is 240 g/mol. The number of carbonyl (C=O) groups is 1. The number of rotatable bonds is 1. The lowest BCUT2D eigenvalue weighted by Gasteiger charge is -2.52. The maximum atomic E-state index is 13.0. The molecular formula is C14H18N4O. The lowest BCUT2D eigenvalue weighted by molar-refractivity contribution is -0.140. The highest BCUT2D eigenvalue weighted by Gasteiger charge is 2.60. The van der Waals surface area contributed by atoms with E-state index in [1.165, 1.54) is 0 Å². The van der Waals surface area contributed by atoms with E-state index in [9.17, 15) is 4.79 Å². The van der Waals surface area contributed by atoms with Crippen molar-refractivity contribution in [1.82, 2.24) is 14.8 Å². The molecule has 4 aliphatic rings. The van der Waals surface area contributed by atoms with Crippen molar-refractivity contribution in [3.63, 3.8) is 0 Å². The predicted molar refractivity (Wildman–Crippen MR) is 70.7 cm³/mol. The van der Waals surface area contributed by atoms with Crippen LogP contribution < -0.4 is 5.73 Å². The smallest absolute Gasteiger partial charge is 0.168 e. The van der Waals surface area contributed by atoms with Gasteiger partial charge in [-0.15, -0.1) is 0 Å². The summed E-state index contributed by atoms with van der Waals surface area (Å²) in [5.41, 5.74) is 6.27. The lowest BCUT2D eigenvalue weighted by atomic mass is 9.64. The Bertz CT molecular complexity index is 514. The Balaban J connectivity index is 1.89. The number of fused-ring (bicyclic) bond motifs is 1. The first kappa shape index (κ1) is 11.5. The van der Waals surface area contributed by atoms with Crippen LogP contribution in [0, 0.1) is 0 Å². The monoisotopic (exact) mass is 258 g/mol. The quantitative estimate of drug-likeness (QED) is 0.717. The molecule has 2 atom stereocenters. The van der Waals surface area contributed by atoms with E-state index in [4.69, 9.17) is 5.73 Å². The van der Waals surface area contributed by atoms with Crippen LogP contribution in [0.25, 0.3) is 0 Å². The molecule has 100 valence electrons. The Morgan fingerprint density at radius 2 is 1.84 bits per heavy atom. The van der Waals surface area contributed by atoms with Crippen LogP contribution in [0.1, 0.15) is 5.56 Å². The van der Waals surface area contributed by atoms with Crippen LogP contribution in [0.2, 0.25) is 0 Å². The number of piperidine rings is 2. The van der Waals surface area contributed by atoms with Gasteiger partial charge in [-0.05, 0) is 11.6 Å². The van der Waals surface area contributed by atoms with Crippen LogP contribution in [0.4, 0.5) is 0 Å². The molecule has 0 aliphatic carbocycles. The van der Waals surface area contributed by atoms with Crippen molar-refractivity contribution in [2.24, 2.45) is 5.73 Å². The number of carbonyl (C=O) groups excluding carboxylic acids is 1. The Morgan fingerprint density at radius 1 is 1.16 bits per heavy atom. The highest BCUT2D eigenvalue weighted by molar-refractivity contribution is 6.00. The van der Waals surface area contributed by atoms with Gasteiger partial charge in [-0.2, -0.15) is 0 Å². The molecule has 1 aromatic heterocycles. The van der Waals surface area contributed by atoms with E-state index < -0.39 is 11.0 Å². The van der Waals surface area contributed by atoms with E-state index in [0.717, 1.165) is 31.7 Å².